The van der Waals surface area contributed by atoms with Crippen molar-refractivity contribution in [1.82, 2.24) is 14.9 Å². The van der Waals surface area contributed by atoms with E-state index in [0.29, 0.717) is 11.5 Å². The Labute approximate surface area is 113 Å². The lowest BCUT2D eigenvalue weighted by molar-refractivity contribution is 0.291. The van der Waals surface area contributed by atoms with E-state index in [1.165, 1.54) is 0 Å². The normalized spacial score (nSPS) is 16.9. The lowest BCUT2D eigenvalue weighted by atomic mass is 10.3. The molecule has 1 fully saturated rings. The quantitative estimate of drug-likeness (QED) is 0.803. The second kappa shape index (κ2) is 5.58. The van der Waals surface area contributed by atoms with Crippen LogP contribution in [0.15, 0.2) is 6.20 Å². The standard InChI is InChI=1S/C12H19N5S/c1-9-10(2)15-12(7-14-9)17-5-3-16(4-6-17)8-11(13)18/h7H,3-6,8H2,1-2H3,(H2,13,18). The molecule has 1 aromatic rings. The van der Waals surface area contributed by atoms with E-state index in [2.05, 4.69) is 19.8 Å². The fourth-order valence-corrected chi connectivity index (χ4v) is 2.22. The van der Waals surface area contributed by atoms with Gasteiger partial charge >= 0.3 is 0 Å². The molecule has 0 spiro atoms. The number of hydrogen-bond acceptors (Lipinski definition) is 5. The molecule has 0 atom stereocenters. The summed E-state index contributed by atoms with van der Waals surface area (Å²) in [6, 6.07) is 0. The Bertz CT molecular complexity index is 440. The fourth-order valence-electron chi connectivity index (χ4n) is 2.04. The van der Waals surface area contributed by atoms with Crippen molar-refractivity contribution >= 4 is 23.0 Å². The van der Waals surface area contributed by atoms with Gasteiger partial charge in [-0.1, -0.05) is 12.2 Å². The topological polar surface area (TPSA) is 58.3 Å². The molecule has 5 nitrogen and oxygen atoms in total. The van der Waals surface area contributed by atoms with Crippen LogP contribution >= 0.6 is 12.2 Å². The zero-order valence-electron chi connectivity index (χ0n) is 10.9. The van der Waals surface area contributed by atoms with Crippen LogP contribution in [0.5, 0.6) is 0 Å². The number of thiocarbonyl (C=S) groups is 1. The van der Waals surface area contributed by atoms with Gasteiger partial charge in [-0.25, -0.2) is 4.98 Å². The number of aryl methyl sites for hydroxylation is 2. The van der Waals surface area contributed by atoms with Gasteiger partial charge in [0.25, 0.3) is 0 Å². The molecule has 0 radical (unpaired) electrons. The minimum Gasteiger partial charge on any atom is -0.392 e. The monoisotopic (exact) mass is 265 g/mol. The Hall–Kier alpha value is -1.27. The van der Waals surface area contributed by atoms with Crippen LogP contribution in [0.2, 0.25) is 0 Å². The molecule has 2 rings (SSSR count). The summed E-state index contributed by atoms with van der Waals surface area (Å²) in [7, 11) is 0. The molecule has 0 aliphatic carbocycles. The molecule has 0 amide bonds. The van der Waals surface area contributed by atoms with E-state index < -0.39 is 0 Å². The van der Waals surface area contributed by atoms with Crippen molar-refractivity contribution < 1.29 is 0 Å². The molecule has 0 bridgehead atoms. The van der Waals surface area contributed by atoms with Gasteiger partial charge in [-0.15, -0.1) is 0 Å². The highest BCUT2D eigenvalue weighted by atomic mass is 32.1. The molecule has 1 saturated heterocycles. The van der Waals surface area contributed by atoms with Gasteiger partial charge in [0.05, 0.1) is 22.6 Å². The SMILES string of the molecule is Cc1ncc(N2CCN(CC(N)=S)CC2)nc1C. The average Bonchev–Trinajstić information content (AvgIpc) is 2.33. The zero-order chi connectivity index (χ0) is 13.1. The van der Waals surface area contributed by atoms with Crippen LogP contribution in [0, 0.1) is 13.8 Å². The van der Waals surface area contributed by atoms with Crippen LogP contribution in [-0.2, 0) is 0 Å². The van der Waals surface area contributed by atoms with Crippen molar-refractivity contribution in [3.63, 3.8) is 0 Å². The first-order valence-corrected chi connectivity index (χ1v) is 6.53. The van der Waals surface area contributed by atoms with Crippen molar-refractivity contribution in [2.24, 2.45) is 5.73 Å². The molecule has 6 heteroatoms. The summed E-state index contributed by atoms with van der Waals surface area (Å²) in [5, 5.41) is 0. The van der Waals surface area contributed by atoms with Crippen LogP contribution in [0.1, 0.15) is 11.4 Å². The van der Waals surface area contributed by atoms with Gasteiger partial charge in [0, 0.05) is 32.7 Å². The van der Waals surface area contributed by atoms with Crippen LogP contribution in [0.25, 0.3) is 0 Å². The second-order valence-electron chi connectivity index (χ2n) is 4.63. The molecule has 18 heavy (non-hydrogen) atoms. The summed E-state index contributed by atoms with van der Waals surface area (Å²) < 4.78 is 0. The predicted molar refractivity (Wildman–Crippen MR) is 76.9 cm³/mol. The molecular weight excluding hydrogens is 246 g/mol. The number of nitrogens with two attached hydrogens (primary N) is 1. The molecule has 98 valence electrons. The van der Waals surface area contributed by atoms with Gasteiger partial charge in [-0.05, 0) is 13.8 Å². The highest BCUT2D eigenvalue weighted by Gasteiger charge is 2.18. The van der Waals surface area contributed by atoms with Gasteiger partial charge in [0.15, 0.2) is 0 Å². The van der Waals surface area contributed by atoms with Crippen LogP contribution in [0.4, 0.5) is 5.82 Å². The van der Waals surface area contributed by atoms with Gasteiger partial charge in [0.1, 0.15) is 5.82 Å². The second-order valence-corrected chi connectivity index (χ2v) is 5.15. The Morgan fingerprint density at radius 1 is 1.28 bits per heavy atom. The highest BCUT2D eigenvalue weighted by molar-refractivity contribution is 7.80. The van der Waals surface area contributed by atoms with Crippen LogP contribution in [0.3, 0.4) is 0 Å². The average molecular weight is 265 g/mol. The molecule has 1 aliphatic rings. The molecule has 1 aliphatic heterocycles. The lowest BCUT2D eigenvalue weighted by Crippen LogP contribution is -2.48. The minimum atomic E-state index is 0.564. The molecule has 2 N–H and O–H groups in total. The summed E-state index contributed by atoms with van der Waals surface area (Å²) in [5.41, 5.74) is 7.55. The van der Waals surface area contributed by atoms with Crippen LogP contribution < -0.4 is 10.6 Å². The number of rotatable bonds is 3. The van der Waals surface area contributed by atoms with E-state index in [1.807, 2.05) is 20.0 Å². The molecule has 0 saturated carbocycles. The number of hydrogen-bond donors (Lipinski definition) is 1. The van der Waals surface area contributed by atoms with E-state index >= 15 is 0 Å². The van der Waals surface area contributed by atoms with Crippen molar-refractivity contribution in [3.05, 3.63) is 17.6 Å². The Morgan fingerprint density at radius 3 is 2.50 bits per heavy atom. The number of nitrogens with zero attached hydrogens (tertiary/aromatic N) is 4. The van der Waals surface area contributed by atoms with Crippen molar-refractivity contribution in [2.45, 2.75) is 13.8 Å². The summed E-state index contributed by atoms with van der Waals surface area (Å²) in [6.07, 6.45) is 1.85. The molecule has 0 aromatic carbocycles. The smallest absolute Gasteiger partial charge is 0.147 e. The maximum Gasteiger partial charge on any atom is 0.147 e. The third kappa shape index (κ3) is 3.14. The van der Waals surface area contributed by atoms with E-state index in [4.69, 9.17) is 18.0 Å². The van der Waals surface area contributed by atoms with Gasteiger partial charge in [-0.2, -0.15) is 0 Å². The van der Waals surface area contributed by atoms with E-state index in [0.717, 1.165) is 43.4 Å². The Morgan fingerprint density at radius 2 is 1.94 bits per heavy atom. The third-order valence-electron chi connectivity index (χ3n) is 3.26. The largest absolute Gasteiger partial charge is 0.392 e. The van der Waals surface area contributed by atoms with Crippen molar-refractivity contribution in [3.8, 4) is 0 Å². The van der Waals surface area contributed by atoms with Crippen molar-refractivity contribution in [2.75, 3.05) is 37.6 Å². The highest BCUT2D eigenvalue weighted by Crippen LogP contribution is 2.14. The third-order valence-corrected chi connectivity index (χ3v) is 3.38. The van der Waals surface area contributed by atoms with E-state index in [9.17, 15) is 0 Å². The predicted octanol–water partition coefficient (Wildman–Crippen LogP) is 0.502. The summed E-state index contributed by atoms with van der Waals surface area (Å²) >= 11 is 4.93. The Balaban J connectivity index is 1.96. The first kappa shape index (κ1) is 13.2. The minimum absolute atomic E-state index is 0.564. The van der Waals surface area contributed by atoms with Gasteiger partial charge in [-0.3, -0.25) is 9.88 Å². The first-order valence-electron chi connectivity index (χ1n) is 6.12. The lowest BCUT2D eigenvalue weighted by Gasteiger charge is -2.35. The summed E-state index contributed by atoms with van der Waals surface area (Å²) in [6.45, 7) is 8.50. The van der Waals surface area contributed by atoms with Gasteiger partial charge < -0.3 is 10.6 Å². The maximum atomic E-state index is 5.56. The maximum absolute atomic E-state index is 5.56. The molecule has 1 aromatic heterocycles. The Kier molecular flexibility index (Phi) is 4.08. The number of aromatic nitrogens is 2. The molecular formula is C12H19N5S. The van der Waals surface area contributed by atoms with Crippen LogP contribution in [-0.4, -0.2) is 52.6 Å². The summed E-state index contributed by atoms with van der Waals surface area (Å²) in [5.74, 6) is 0.966. The molecule has 2 heterocycles. The first-order chi connectivity index (χ1) is 8.56. The summed E-state index contributed by atoms with van der Waals surface area (Å²) in [4.78, 5) is 14.0. The van der Waals surface area contributed by atoms with Crippen molar-refractivity contribution in [1.29, 1.82) is 0 Å². The number of anilines is 1. The number of piperazine rings is 1. The van der Waals surface area contributed by atoms with E-state index in [1.54, 1.807) is 0 Å². The fraction of sp³-hybridized carbons (Fsp3) is 0.583. The zero-order valence-corrected chi connectivity index (χ0v) is 11.7. The molecule has 0 unspecified atom stereocenters. The van der Waals surface area contributed by atoms with E-state index in [-0.39, 0.29) is 0 Å². The van der Waals surface area contributed by atoms with Gasteiger partial charge in [0.2, 0.25) is 0 Å².